The molecule has 2 N–H and O–H groups in total. The Morgan fingerprint density at radius 1 is 1.69 bits per heavy atom. The predicted octanol–water partition coefficient (Wildman–Crippen LogP) is -0.258. The zero-order chi connectivity index (χ0) is 11.6. The van der Waals surface area contributed by atoms with Crippen molar-refractivity contribution in [1.29, 1.82) is 0 Å². The van der Waals surface area contributed by atoms with Crippen molar-refractivity contribution in [2.45, 2.75) is 31.0 Å². The Kier molecular flexibility index (Phi) is 3.47. The van der Waals surface area contributed by atoms with Crippen LogP contribution >= 0.6 is 0 Å². The third-order valence-corrected chi connectivity index (χ3v) is 3.62. The van der Waals surface area contributed by atoms with Crippen LogP contribution in [0.4, 0.5) is 0 Å². The molecular weight excluding hydrogens is 208 g/mol. The van der Waals surface area contributed by atoms with Crippen molar-refractivity contribution in [3.63, 3.8) is 0 Å². The second kappa shape index (κ2) is 4.69. The lowest BCUT2D eigenvalue weighted by Crippen LogP contribution is -2.46. The number of carbonyl (C=O) groups is 1. The van der Waals surface area contributed by atoms with Crippen molar-refractivity contribution >= 4 is 5.91 Å². The highest BCUT2D eigenvalue weighted by Crippen LogP contribution is 2.34. The van der Waals surface area contributed by atoms with Crippen LogP contribution < -0.4 is 5.73 Å². The number of hydrogen-bond acceptors (Lipinski definition) is 4. The number of amides is 1. The molecule has 5 heteroatoms. The Morgan fingerprint density at radius 2 is 2.50 bits per heavy atom. The van der Waals surface area contributed by atoms with Crippen LogP contribution in [-0.4, -0.2) is 55.9 Å². The predicted molar refractivity (Wildman–Crippen MR) is 59.0 cm³/mol. The van der Waals surface area contributed by atoms with E-state index in [1.54, 1.807) is 12.0 Å². The number of rotatable bonds is 2. The monoisotopic (exact) mass is 228 g/mol. The smallest absolute Gasteiger partial charge is 0.236 e. The first-order valence-corrected chi connectivity index (χ1v) is 5.84. The molecule has 5 nitrogen and oxygen atoms in total. The second-order valence-corrected chi connectivity index (χ2v) is 4.65. The van der Waals surface area contributed by atoms with Crippen LogP contribution in [0.3, 0.4) is 0 Å². The Balaban J connectivity index is 1.97. The SMILES string of the molecule is CO[C@H]1CCO[C@@]2(CCN(C(=O)CN)C2)C1. The first-order valence-electron chi connectivity index (χ1n) is 5.84. The Morgan fingerprint density at radius 3 is 3.19 bits per heavy atom. The summed E-state index contributed by atoms with van der Waals surface area (Å²) >= 11 is 0. The fraction of sp³-hybridized carbons (Fsp3) is 0.909. The largest absolute Gasteiger partial charge is 0.381 e. The molecule has 92 valence electrons. The van der Waals surface area contributed by atoms with E-state index in [0.29, 0.717) is 6.54 Å². The molecule has 0 saturated carbocycles. The normalized spacial score (nSPS) is 34.6. The molecule has 2 aliphatic rings. The molecule has 1 spiro atoms. The molecule has 2 rings (SSSR count). The lowest BCUT2D eigenvalue weighted by molar-refractivity contribution is -0.136. The molecule has 1 amide bonds. The molecule has 0 bridgehead atoms. The van der Waals surface area contributed by atoms with Crippen LogP contribution in [-0.2, 0) is 14.3 Å². The minimum absolute atomic E-state index is 0.0139. The fourth-order valence-electron chi connectivity index (χ4n) is 2.66. The maximum Gasteiger partial charge on any atom is 0.236 e. The number of carbonyl (C=O) groups excluding carboxylic acids is 1. The molecule has 2 atom stereocenters. The van der Waals surface area contributed by atoms with Gasteiger partial charge in [-0.05, 0) is 12.8 Å². The highest BCUT2D eigenvalue weighted by Gasteiger charge is 2.44. The number of methoxy groups -OCH3 is 1. The van der Waals surface area contributed by atoms with Gasteiger partial charge >= 0.3 is 0 Å². The Hall–Kier alpha value is -0.650. The van der Waals surface area contributed by atoms with Gasteiger partial charge in [-0.3, -0.25) is 4.79 Å². The number of nitrogens with two attached hydrogens (primary N) is 1. The first-order chi connectivity index (χ1) is 7.69. The fourth-order valence-corrected chi connectivity index (χ4v) is 2.66. The van der Waals surface area contributed by atoms with Crippen LogP contribution in [0.1, 0.15) is 19.3 Å². The van der Waals surface area contributed by atoms with E-state index in [0.717, 1.165) is 32.4 Å². The highest BCUT2D eigenvalue weighted by molar-refractivity contribution is 5.78. The molecular formula is C11H20N2O3. The molecule has 0 aromatic carbocycles. The first kappa shape index (κ1) is 11.8. The molecule has 2 aliphatic heterocycles. The lowest BCUT2D eigenvalue weighted by Gasteiger charge is -2.37. The summed E-state index contributed by atoms with van der Waals surface area (Å²) in [5.41, 5.74) is 5.19. The van der Waals surface area contributed by atoms with Gasteiger partial charge in [-0.25, -0.2) is 0 Å². The van der Waals surface area contributed by atoms with E-state index in [2.05, 4.69) is 0 Å². The Bertz CT molecular complexity index is 272. The topological polar surface area (TPSA) is 64.8 Å². The average Bonchev–Trinajstić information content (AvgIpc) is 2.72. The van der Waals surface area contributed by atoms with E-state index in [9.17, 15) is 4.79 Å². The summed E-state index contributed by atoms with van der Waals surface area (Å²) in [5, 5.41) is 0. The number of ether oxygens (including phenoxy) is 2. The van der Waals surface area contributed by atoms with Gasteiger partial charge in [0.2, 0.25) is 5.91 Å². The van der Waals surface area contributed by atoms with E-state index < -0.39 is 0 Å². The molecule has 0 aromatic rings. The lowest BCUT2D eigenvalue weighted by atomic mass is 9.91. The summed E-state index contributed by atoms with van der Waals surface area (Å²) in [5.74, 6) is 0.0139. The zero-order valence-electron chi connectivity index (χ0n) is 9.78. The molecule has 2 heterocycles. The number of nitrogens with zero attached hydrogens (tertiary/aromatic N) is 1. The summed E-state index contributed by atoms with van der Waals surface area (Å²) < 4.78 is 11.3. The van der Waals surface area contributed by atoms with Gasteiger partial charge < -0.3 is 20.1 Å². The van der Waals surface area contributed by atoms with E-state index in [4.69, 9.17) is 15.2 Å². The summed E-state index contributed by atoms with van der Waals surface area (Å²) in [6.45, 7) is 2.24. The van der Waals surface area contributed by atoms with Crippen molar-refractivity contribution in [1.82, 2.24) is 4.90 Å². The van der Waals surface area contributed by atoms with Crippen molar-refractivity contribution < 1.29 is 14.3 Å². The number of likely N-dealkylation sites (tertiary alicyclic amines) is 1. The third kappa shape index (κ3) is 2.21. The molecule has 0 aliphatic carbocycles. The van der Waals surface area contributed by atoms with Gasteiger partial charge in [-0.1, -0.05) is 0 Å². The van der Waals surface area contributed by atoms with Gasteiger partial charge in [0.25, 0.3) is 0 Å². The molecule has 16 heavy (non-hydrogen) atoms. The molecule has 2 saturated heterocycles. The van der Waals surface area contributed by atoms with Gasteiger partial charge in [-0.2, -0.15) is 0 Å². The van der Waals surface area contributed by atoms with Crippen LogP contribution in [0.25, 0.3) is 0 Å². The second-order valence-electron chi connectivity index (χ2n) is 4.65. The van der Waals surface area contributed by atoms with Gasteiger partial charge in [0, 0.05) is 33.2 Å². The van der Waals surface area contributed by atoms with Crippen LogP contribution in [0.2, 0.25) is 0 Å². The third-order valence-electron chi connectivity index (χ3n) is 3.62. The molecule has 0 aromatic heterocycles. The van der Waals surface area contributed by atoms with Crippen LogP contribution in [0.15, 0.2) is 0 Å². The average molecular weight is 228 g/mol. The number of hydrogen-bond donors (Lipinski definition) is 1. The minimum atomic E-state index is -0.177. The van der Waals surface area contributed by atoms with E-state index in [1.165, 1.54) is 0 Å². The molecule has 2 fully saturated rings. The van der Waals surface area contributed by atoms with Gasteiger partial charge in [-0.15, -0.1) is 0 Å². The molecule has 0 radical (unpaired) electrons. The quantitative estimate of drug-likeness (QED) is 0.707. The van der Waals surface area contributed by atoms with Crippen molar-refractivity contribution in [2.24, 2.45) is 5.73 Å². The van der Waals surface area contributed by atoms with Crippen molar-refractivity contribution in [2.75, 3.05) is 33.4 Å². The summed E-state index contributed by atoms with van der Waals surface area (Å²) in [6.07, 6.45) is 3.00. The standard InChI is InChI=1S/C11H20N2O3/c1-15-9-2-5-16-11(6-9)3-4-13(8-11)10(14)7-12/h9H,2-8,12H2,1H3/t9-,11-/m0/s1. The summed E-state index contributed by atoms with van der Waals surface area (Å²) in [4.78, 5) is 13.3. The van der Waals surface area contributed by atoms with Crippen LogP contribution in [0, 0.1) is 0 Å². The Labute approximate surface area is 95.9 Å². The maximum atomic E-state index is 11.5. The summed E-state index contributed by atoms with van der Waals surface area (Å²) in [7, 11) is 1.74. The van der Waals surface area contributed by atoms with E-state index in [1.807, 2.05) is 0 Å². The van der Waals surface area contributed by atoms with E-state index in [-0.39, 0.29) is 24.2 Å². The van der Waals surface area contributed by atoms with Gasteiger partial charge in [0.05, 0.1) is 18.2 Å². The highest BCUT2D eigenvalue weighted by atomic mass is 16.5. The van der Waals surface area contributed by atoms with Gasteiger partial charge in [0.15, 0.2) is 0 Å². The summed E-state index contributed by atoms with van der Waals surface area (Å²) in [6, 6.07) is 0. The van der Waals surface area contributed by atoms with Crippen molar-refractivity contribution in [3.8, 4) is 0 Å². The minimum Gasteiger partial charge on any atom is -0.381 e. The van der Waals surface area contributed by atoms with Gasteiger partial charge in [0.1, 0.15) is 0 Å². The maximum absolute atomic E-state index is 11.5. The molecule has 0 unspecified atom stereocenters. The van der Waals surface area contributed by atoms with Crippen molar-refractivity contribution in [3.05, 3.63) is 0 Å². The zero-order valence-corrected chi connectivity index (χ0v) is 9.78. The van der Waals surface area contributed by atoms with E-state index >= 15 is 0 Å². The van der Waals surface area contributed by atoms with Crippen LogP contribution in [0.5, 0.6) is 0 Å².